The Morgan fingerprint density at radius 2 is 1.93 bits per heavy atom. The number of nitrogens with one attached hydrogen (secondary N) is 2. The van der Waals surface area contributed by atoms with Crippen LogP contribution in [0.4, 0.5) is 4.79 Å². The molecule has 1 aromatic carbocycles. The van der Waals surface area contributed by atoms with E-state index in [0.717, 1.165) is 0 Å². The molecule has 9 nitrogen and oxygen atoms in total. The Bertz CT molecular complexity index is 956. The van der Waals surface area contributed by atoms with Gasteiger partial charge in [0.15, 0.2) is 0 Å². The first-order chi connectivity index (χ1) is 13.0. The van der Waals surface area contributed by atoms with Crippen LogP contribution in [-0.2, 0) is 16.1 Å². The molecule has 3 rings (SSSR count). The van der Waals surface area contributed by atoms with Crippen LogP contribution in [0.2, 0.25) is 0 Å². The molecule has 1 aromatic heterocycles. The molecule has 1 saturated heterocycles. The highest BCUT2D eigenvalue weighted by atomic mass is 16.6. The Kier molecular flexibility index (Phi) is 5.58. The lowest BCUT2D eigenvalue weighted by Gasteiger charge is -2.31. The van der Waals surface area contributed by atoms with Gasteiger partial charge in [0.2, 0.25) is 5.91 Å². The number of aromatic nitrogens is 2. The Hall–Kier alpha value is -3.10. The third-order valence-corrected chi connectivity index (χ3v) is 4.57. The zero-order valence-electron chi connectivity index (χ0n) is 15.1. The van der Waals surface area contributed by atoms with E-state index in [2.05, 4.69) is 10.3 Å². The number of aromatic amines is 1. The molecule has 0 unspecified atom stereocenters. The van der Waals surface area contributed by atoms with E-state index in [1.165, 1.54) is 4.57 Å². The molecule has 0 aliphatic carbocycles. The van der Waals surface area contributed by atoms with Gasteiger partial charge in [0.1, 0.15) is 6.54 Å². The topological polar surface area (TPSA) is 114 Å². The molecule has 0 spiro atoms. The fraction of sp³-hybridized carbons (Fsp3) is 0.444. The molecule has 2 aromatic rings. The minimum absolute atomic E-state index is 0.0906. The van der Waals surface area contributed by atoms with Crippen molar-refractivity contribution >= 4 is 23.0 Å². The molecule has 2 amide bonds. The molecule has 0 radical (unpaired) electrons. The quantitative estimate of drug-likeness (QED) is 0.754. The summed E-state index contributed by atoms with van der Waals surface area (Å²) in [5.41, 5.74) is -0.530. The van der Waals surface area contributed by atoms with Crippen LogP contribution >= 0.6 is 0 Å². The molecule has 1 fully saturated rings. The molecule has 1 aliphatic heterocycles. The van der Waals surface area contributed by atoms with Crippen molar-refractivity contribution in [1.29, 1.82) is 0 Å². The summed E-state index contributed by atoms with van der Waals surface area (Å²) in [5, 5.41) is 2.88. The zero-order chi connectivity index (χ0) is 19.4. The van der Waals surface area contributed by atoms with Crippen LogP contribution in [0.15, 0.2) is 33.9 Å². The summed E-state index contributed by atoms with van der Waals surface area (Å²) >= 11 is 0. The highest BCUT2D eigenvalue weighted by molar-refractivity contribution is 5.80. The molecule has 2 heterocycles. The molecule has 0 saturated carbocycles. The normalized spacial score (nSPS) is 14.9. The number of likely N-dealkylation sites (tertiary alicyclic amines) is 1. The second-order valence-electron chi connectivity index (χ2n) is 6.39. The highest BCUT2D eigenvalue weighted by Crippen LogP contribution is 2.12. The summed E-state index contributed by atoms with van der Waals surface area (Å²) in [6, 6.07) is 6.74. The molecule has 2 N–H and O–H groups in total. The van der Waals surface area contributed by atoms with Crippen LogP contribution in [0.25, 0.3) is 11.0 Å². The second kappa shape index (κ2) is 8.07. The standard InChI is InChI=1S/C18H22N4O5/c1-2-27-18(26)21-9-7-12(8-10-21)19-15(23)11-22-14-6-4-3-5-13(14)20-16(24)17(22)25/h3-6,12H,2,7-11H2,1H3,(H,19,23)(H,20,24). The number of hydrogen-bond acceptors (Lipinski definition) is 5. The van der Waals surface area contributed by atoms with Gasteiger partial charge < -0.3 is 19.9 Å². The van der Waals surface area contributed by atoms with E-state index >= 15 is 0 Å². The van der Waals surface area contributed by atoms with Gasteiger partial charge in [-0.15, -0.1) is 0 Å². The number of hydrogen-bond donors (Lipinski definition) is 2. The fourth-order valence-corrected chi connectivity index (χ4v) is 3.22. The van der Waals surface area contributed by atoms with Crippen molar-refractivity contribution in [1.82, 2.24) is 19.8 Å². The van der Waals surface area contributed by atoms with Crippen LogP contribution in [0.1, 0.15) is 19.8 Å². The van der Waals surface area contributed by atoms with E-state index in [1.807, 2.05) is 0 Å². The minimum Gasteiger partial charge on any atom is -0.450 e. The highest BCUT2D eigenvalue weighted by Gasteiger charge is 2.24. The Labute approximate surface area is 154 Å². The van der Waals surface area contributed by atoms with E-state index in [9.17, 15) is 19.2 Å². The van der Waals surface area contributed by atoms with Crippen molar-refractivity contribution in [2.45, 2.75) is 32.4 Å². The minimum atomic E-state index is -0.763. The second-order valence-corrected chi connectivity index (χ2v) is 6.39. The number of amides is 2. The lowest BCUT2D eigenvalue weighted by molar-refractivity contribution is -0.122. The maximum Gasteiger partial charge on any atom is 0.409 e. The number of carbonyl (C=O) groups excluding carboxylic acids is 2. The largest absolute Gasteiger partial charge is 0.450 e. The SMILES string of the molecule is CCOC(=O)N1CCC(NC(=O)Cn2c(=O)c(=O)[nH]c3ccccc32)CC1. The van der Waals surface area contributed by atoms with Crippen LogP contribution in [0.3, 0.4) is 0 Å². The number of piperidine rings is 1. The molecule has 0 atom stereocenters. The van der Waals surface area contributed by atoms with Gasteiger partial charge in [-0.2, -0.15) is 0 Å². The maximum atomic E-state index is 12.4. The fourth-order valence-electron chi connectivity index (χ4n) is 3.22. The van der Waals surface area contributed by atoms with Gasteiger partial charge in [-0.25, -0.2) is 4.79 Å². The van der Waals surface area contributed by atoms with Gasteiger partial charge in [-0.05, 0) is 31.9 Å². The molecule has 1 aliphatic rings. The van der Waals surface area contributed by atoms with E-state index < -0.39 is 11.1 Å². The summed E-state index contributed by atoms with van der Waals surface area (Å²) in [7, 11) is 0. The first kappa shape index (κ1) is 18.7. The smallest absolute Gasteiger partial charge is 0.409 e. The van der Waals surface area contributed by atoms with E-state index in [1.54, 1.807) is 36.1 Å². The Balaban J connectivity index is 1.65. The summed E-state index contributed by atoms with van der Waals surface area (Å²) in [5.74, 6) is -0.345. The average molecular weight is 374 g/mol. The lowest BCUT2D eigenvalue weighted by atomic mass is 10.1. The number of H-pyrrole nitrogens is 1. The lowest BCUT2D eigenvalue weighted by Crippen LogP contribution is -2.48. The van der Waals surface area contributed by atoms with Gasteiger partial charge in [-0.1, -0.05) is 12.1 Å². The van der Waals surface area contributed by atoms with E-state index in [4.69, 9.17) is 4.74 Å². The van der Waals surface area contributed by atoms with Crippen molar-refractivity contribution in [3.8, 4) is 0 Å². The van der Waals surface area contributed by atoms with Crippen LogP contribution in [0, 0.1) is 0 Å². The maximum absolute atomic E-state index is 12.4. The first-order valence-corrected chi connectivity index (χ1v) is 8.92. The number of carbonyl (C=O) groups is 2. The van der Waals surface area contributed by atoms with Crippen LogP contribution < -0.4 is 16.4 Å². The van der Waals surface area contributed by atoms with Gasteiger partial charge >= 0.3 is 17.2 Å². The van der Waals surface area contributed by atoms with Gasteiger partial charge in [0.05, 0.1) is 17.6 Å². The zero-order valence-corrected chi connectivity index (χ0v) is 15.1. The van der Waals surface area contributed by atoms with Gasteiger partial charge in [0, 0.05) is 19.1 Å². The number of benzene rings is 1. The van der Waals surface area contributed by atoms with Crippen molar-refractivity contribution in [3.05, 3.63) is 45.0 Å². The Morgan fingerprint density at radius 1 is 1.22 bits per heavy atom. The molecular weight excluding hydrogens is 352 g/mol. The number of rotatable bonds is 4. The van der Waals surface area contributed by atoms with Gasteiger partial charge in [0.25, 0.3) is 0 Å². The molecular formula is C18H22N4O5. The average Bonchev–Trinajstić information content (AvgIpc) is 2.66. The first-order valence-electron chi connectivity index (χ1n) is 8.92. The third-order valence-electron chi connectivity index (χ3n) is 4.57. The number of para-hydroxylation sites is 2. The van der Waals surface area contributed by atoms with E-state index in [-0.39, 0.29) is 24.6 Å². The predicted molar refractivity (Wildman–Crippen MR) is 98.6 cm³/mol. The van der Waals surface area contributed by atoms with Crippen LogP contribution in [0.5, 0.6) is 0 Å². The summed E-state index contributed by atoms with van der Waals surface area (Å²) in [6.45, 7) is 2.84. The van der Waals surface area contributed by atoms with Crippen LogP contribution in [-0.4, -0.2) is 52.2 Å². The third kappa shape index (κ3) is 4.18. The molecule has 27 heavy (non-hydrogen) atoms. The Morgan fingerprint density at radius 3 is 2.63 bits per heavy atom. The van der Waals surface area contributed by atoms with Crippen molar-refractivity contribution in [2.24, 2.45) is 0 Å². The monoisotopic (exact) mass is 374 g/mol. The van der Waals surface area contributed by atoms with Crippen molar-refractivity contribution in [3.63, 3.8) is 0 Å². The van der Waals surface area contributed by atoms with E-state index in [0.29, 0.717) is 43.6 Å². The molecule has 0 bridgehead atoms. The number of fused-ring (bicyclic) bond motifs is 1. The van der Waals surface area contributed by atoms with Crippen molar-refractivity contribution < 1.29 is 14.3 Å². The number of nitrogens with zero attached hydrogens (tertiary/aromatic N) is 2. The molecule has 144 valence electrons. The number of ether oxygens (including phenoxy) is 1. The summed E-state index contributed by atoms with van der Waals surface area (Å²) in [6.07, 6.45) is 0.870. The van der Waals surface area contributed by atoms with Gasteiger partial charge in [-0.3, -0.25) is 19.0 Å². The summed E-state index contributed by atoms with van der Waals surface area (Å²) in [4.78, 5) is 52.2. The summed E-state index contributed by atoms with van der Waals surface area (Å²) < 4.78 is 6.15. The van der Waals surface area contributed by atoms with Crippen molar-refractivity contribution in [2.75, 3.05) is 19.7 Å². The predicted octanol–water partition coefficient (Wildman–Crippen LogP) is 0.427. The molecule has 9 heteroatoms.